The molecule has 2 aliphatic rings. The highest BCUT2D eigenvalue weighted by atomic mass is 16.5. The topological polar surface area (TPSA) is 24.5 Å². The van der Waals surface area contributed by atoms with Gasteiger partial charge in [0.15, 0.2) is 0 Å². The Kier molecular flexibility index (Phi) is 3.41. The van der Waals surface area contributed by atoms with E-state index in [1.807, 2.05) is 12.1 Å². The van der Waals surface area contributed by atoms with Crippen LogP contribution in [0.2, 0.25) is 0 Å². The predicted octanol–water partition coefficient (Wildman–Crippen LogP) is 2.27. The average Bonchev–Trinajstić information content (AvgIpc) is 3.14. The smallest absolute Gasteiger partial charge is 0.119 e. The van der Waals surface area contributed by atoms with Crippen LogP contribution in [0.3, 0.4) is 0 Å². The first kappa shape index (κ1) is 11.8. The first-order chi connectivity index (χ1) is 8.85. The van der Waals surface area contributed by atoms with Gasteiger partial charge in [0.05, 0.1) is 7.11 Å². The molecule has 0 aromatic heterocycles. The van der Waals surface area contributed by atoms with Crippen molar-refractivity contribution in [1.82, 2.24) is 5.32 Å². The van der Waals surface area contributed by atoms with Gasteiger partial charge in [0.2, 0.25) is 0 Å². The van der Waals surface area contributed by atoms with Crippen LogP contribution in [0.5, 0.6) is 5.75 Å². The average molecular weight is 246 g/mol. The number of hydrogen-bond donors (Lipinski definition) is 1. The molecular weight excluding hydrogens is 224 g/mol. The summed E-state index contributed by atoms with van der Waals surface area (Å²) >= 11 is 0. The number of nitrogens with one attached hydrogen (secondary N) is 1. The van der Waals surface area contributed by atoms with E-state index < -0.39 is 0 Å². The summed E-state index contributed by atoms with van der Waals surface area (Å²) in [5.74, 6) is 1.75. The molecule has 3 heteroatoms. The lowest BCUT2D eigenvalue weighted by Crippen LogP contribution is -2.27. The van der Waals surface area contributed by atoms with Crippen molar-refractivity contribution in [3.8, 4) is 5.75 Å². The Labute approximate surface area is 109 Å². The largest absolute Gasteiger partial charge is 0.497 e. The molecular formula is C15H22N2O. The van der Waals surface area contributed by atoms with Crippen molar-refractivity contribution in [2.45, 2.75) is 25.3 Å². The number of methoxy groups -OCH3 is 1. The molecule has 1 atom stereocenters. The summed E-state index contributed by atoms with van der Waals surface area (Å²) in [6, 6.07) is 9.25. The Bertz CT molecular complexity index is 386. The molecule has 1 aliphatic carbocycles. The van der Waals surface area contributed by atoms with Crippen molar-refractivity contribution < 1.29 is 4.74 Å². The zero-order valence-corrected chi connectivity index (χ0v) is 11.1. The molecule has 2 fully saturated rings. The molecule has 1 unspecified atom stereocenters. The third-order valence-corrected chi connectivity index (χ3v) is 4.00. The Morgan fingerprint density at radius 2 is 2.00 bits per heavy atom. The lowest BCUT2D eigenvalue weighted by atomic mass is 10.1. The molecule has 18 heavy (non-hydrogen) atoms. The van der Waals surface area contributed by atoms with E-state index >= 15 is 0 Å². The van der Waals surface area contributed by atoms with Crippen molar-refractivity contribution in [3.05, 3.63) is 24.3 Å². The third-order valence-electron chi connectivity index (χ3n) is 4.00. The van der Waals surface area contributed by atoms with Crippen LogP contribution in [0.1, 0.15) is 19.3 Å². The van der Waals surface area contributed by atoms with Crippen LogP contribution in [0.15, 0.2) is 24.3 Å². The molecule has 1 N–H and O–H groups in total. The fourth-order valence-electron chi connectivity index (χ4n) is 2.65. The maximum Gasteiger partial charge on any atom is 0.119 e. The molecule has 1 heterocycles. The van der Waals surface area contributed by atoms with E-state index in [9.17, 15) is 0 Å². The van der Waals surface area contributed by atoms with Crippen LogP contribution in [-0.2, 0) is 0 Å². The number of benzene rings is 1. The monoisotopic (exact) mass is 246 g/mol. The van der Waals surface area contributed by atoms with Crippen molar-refractivity contribution in [2.75, 3.05) is 31.6 Å². The lowest BCUT2D eigenvalue weighted by molar-refractivity contribution is 0.415. The van der Waals surface area contributed by atoms with E-state index in [4.69, 9.17) is 4.74 Å². The Morgan fingerprint density at radius 3 is 2.67 bits per heavy atom. The van der Waals surface area contributed by atoms with Gasteiger partial charge in [-0.15, -0.1) is 0 Å². The third kappa shape index (κ3) is 2.78. The molecule has 0 amide bonds. The Morgan fingerprint density at radius 1 is 1.22 bits per heavy atom. The molecule has 1 saturated heterocycles. The van der Waals surface area contributed by atoms with E-state index in [-0.39, 0.29) is 0 Å². The lowest BCUT2D eigenvalue weighted by Gasteiger charge is -2.19. The molecule has 1 aromatic carbocycles. The minimum absolute atomic E-state index is 0.813. The molecule has 1 aromatic rings. The predicted molar refractivity (Wildman–Crippen MR) is 74.3 cm³/mol. The summed E-state index contributed by atoms with van der Waals surface area (Å²) < 4.78 is 5.20. The van der Waals surface area contributed by atoms with Gasteiger partial charge in [-0.2, -0.15) is 0 Å². The summed E-state index contributed by atoms with van der Waals surface area (Å²) in [6.07, 6.45) is 4.08. The van der Waals surface area contributed by atoms with Crippen LogP contribution in [-0.4, -0.2) is 32.8 Å². The SMILES string of the molecule is COc1ccc(N2CCC(CNC3CC3)C2)cc1. The molecule has 1 saturated carbocycles. The fourth-order valence-corrected chi connectivity index (χ4v) is 2.65. The highest BCUT2D eigenvalue weighted by Gasteiger charge is 2.26. The van der Waals surface area contributed by atoms with Crippen LogP contribution in [0.25, 0.3) is 0 Å². The summed E-state index contributed by atoms with van der Waals surface area (Å²) in [5.41, 5.74) is 1.32. The van der Waals surface area contributed by atoms with Crippen molar-refractivity contribution in [3.63, 3.8) is 0 Å². The first-order valence-corrected chi connectivity index (χ1v) is 6.97. The Hall–Kier alpha value is -1.22. The number of rotatable bonds is 5. The maximum absolute atomic E-state index is 5.20. The summed E-state index contributed by atoms with van der Waals surface area (Å²) in [6.45, 7) is 3.56. The summed E-state index contributed by atoms with van der Waals surface area (Å²) in [5, 5.41) is 3.64. The van der Waals surface area contributed by atoms with Crippen molar-refractivity contribution >= 4 is 5.69 Å². The van der Waals surface area contributed by atoms with Gasteiger partial charge in [-0.1, -0.05) is 0 Å². The van der Waals surface area contributed by atoms with E-state index in [1.54, 1.807) is 7.11 Å². The standard InChI is InChI=1S/C15H22N2O/c1-18-15-6-4-14(5-7-15)17-9-8-12(11-17)10-16-13-2-3-13/h4-7,12-13,16H,2-3,8-11H2,1H3. The van der Waals surface area contributed by atoms with Crippen molar-refractivity contribution in [1.29, 1.82) is 0 Å². The van der Waals surface area contributed by atoms with Gasteiger partial charge in [-0.25, -0.2) is 0 Å². The number of ether oxygens (including phenoxy) is 1. The van der Waals surface area contributed by atoms with E-state index in [2.05, 4.69) is 22.3 Å². The van der Waals surface area contributed by atoms with Gasteiger partial charge in [0.1, 0.15) is 5.75 Å². The van der Waals surface area contributed by atoms with E-state index in [1.165, 1.54) is 44.6 Å². The molecule has 3 rings (SSSR count). The van der Waals surface area contributed by atoms with E-state index in [0.29, 0.717) is 0 Å². The first-order valence-electron chi connectivity index (χ1n) is 6.97. The second-order valence-corrected chi connectivity index (χ2v) is 5.48. The van der Waals surface area contributed by atoms with Crippen LogP contribution in [0, 0.1) is 5.92 Å². The number of hydrogen-bond acceptors (Lipinski definition) is 3. The fraction of sp³-hybridized carbons (Fsp3) is 0.600. The minimum atomic E-state index is 0.813. The maximum atomic E-state index is 5.20. The van der Waals surface area contributed by atoms with Crippen LogP contribution in [0.4, 0.5) is 5.69 Å². The highest BCUT2D eigenvalue weighted by molar-refractivity contribution is 5.49. The molecule has 3 nitrogen and oxygen atoms in total. The second-order valence-electron chi connectivity index (χ2n) is 5.48. The highest BCUT2D eigenvalue weighted by Crippen LogP contribution is 2.26. The van der Waals surface area contributed by atoms with Crippen molar-refractivity contribution in [2.24, 2.45) is 5.92 Å². The Balaban J connectivity index is 1.53. The summed E-state index contributed by atoms with van der Waals surface area (Å²) in [4.78, 5) is 2.48. The normalized spacial score (nSPS) is 23.4. The number of anilines is 1. The second kappa shape index (κ2) is 5.19. The number of nitrogens with zero attached hydrogens (tertiary/aromatic N) is 1. The molecule has 0 bridgehead atoms. The van der Waals surface area contributed by atoms with Gasteiger partial charge < -0.3 is 15.0 Å². The van der Waals surface area contributed by atoms with Gasteiger partial charge in [0, 0.05) is 24.8 Å². The summed E-state index contributed by atoms with van der Waals surface area (Å²) in [7, 11) is 1.71. The zero-order chi connectivity index (χ0) is 12.4. The molecule has 0 spiro atoms. The van der Waals surface area contributed by atoms with Gasteiger partial charge >= 0.3 is 0 Å². The van der Waals surface area contributed by atoms with Crippen LogP contribution >= 0.6 is 0 Å². The van der Waals surface area contributed by atoms with Crippen LogP contribution < -0.4 is 15.0 Å². The van der Waals surface area contributed by atoms with E-state index in [0.717, 1.165) is 17.7 Å². The van der Waals surface area contributed by atoms with Gasteiger partial charge in [-0.3, -0.25) is 0 Å². The zero-order valence-electron chi connectivity index (χ0n) is 11.1. The molecule has 0 radical (unpaired) electrons. The quantitative estimate of drug-likeness (QED) is 0.862. The van der Waals surface area contributed by atoms with Gasteiger partial charge in [0.25, 0.3) is 0 Å². The molecule has 98 valence electrons. The van der Waals surface area contributed by atoms with Gasteiger partial charge in [-0.05, 0) is 56.0 Å². The minimum Gasteiger partial charge on any atom is -0.497 e. The molecule has 1 aliphatic heterocycles.